The second kappa shape index (κ2) is 13.1. The second-order valence-electron chi connectivity index (χ2n) is 7.05. The van der Waals surface area contributed by atoms with Gasteiger partial charge in [0.1, 0.15) is 6.07 Å². The van der Waals surface area contributed by atoms with E-state index in [1.165, 1.54) is 6.20 Å². The maximum absolute atomic E-state index is 12.9. The van der Waals surface area contributed by atoms with E-state index < -0.39 is 6.09 Å². The predicted molar refractivity (Wildman–Crippen MR) is 109 cm³/mol. The molecule has 1 aromatic heterocycles. The van der Waals surface area contributed by atoms with Crippen LogP contribution in [-0.2, 0) is 0 Å². The van der Waals surface area contributed by atoms with Crippen LogP contribution in [0.15, 0.2) is 12.3 Å². The number of rotatable bonds is 12. The Kier molecular flexibility index (Phi) is 10.9. The number of hydrogen-bond donors (Lipinski definition) is 3. The van der Waals surface area contributed by atoms with Crippen LogP contribution in [0.3, 0.4) is 0 Å². The zero-order chi connectivity index (χ0) is 21.6. The van der Waals surface area contributed by atoms with Gasteiger partial charge in [0.25, 0.3) is 0 Å². The molecule has 10 nitrogen and oxygen atoms in total. The fourth-order valence-corrected chi connectivity index (χ4v) is 2.59. The first-order valence-electron chi connectivity index (χ1n) is 9.90. The van der Waals surface area contributed by atoms with Crippen LogP contribution in [0, 0.1) is 17.2 Å². The van der Waals surface area contributed by atoms with E-state index >= 15 is 0 Å². The largest absolute Gasteiger partial charge is 0.465 e. The topological polar surface area (TPSA) is 134 Å². The number of aromatic nitrogens is 2. The molecule has 160 valence electrons. The summed E-state index contributed by atoms with van der Waals surface area (Å²) in [7, 11) is 0. The van der Waals surface area contributed by atoms with Crippen molar-refractivity contribution in [2.45, 2.75) is 46.5 Å². The molecule has 29 heavy (non-hydrogen) atoms. The summed E-state index contributed by atoms with van der Waals surface area (Å²) < 4.78 is 0. The number of carbonyl (C=O) groups is 2. The highest BCUT2D eigenvalue weighted by atomic mass is 16.4. The van der Waals surface area contributed by atoms with Gasteiger partial charge in [-0.15, -0.1) is 0 Å². The highest BCUT2D eigenvalue weighted by molar-refractivity contribution is 5.76. The van der Waals surface area contributed by atoms with Crippen molar-refractivity contribution in [2.75, 3.05) is 31.2 Å². The first-order chi connectivity index (χ1) is 13.9. The van der Waals surface area contributed by atoms with Crippen molar-refractivity contribution in [1.29, 1.82) is 5.26 Å². The molecule has 0 aromatic carbocycles. The first kappa shape index (κ1) is 23.9. The molecule has 0 radical (unpaired) electrons. The van der Waals surface area contributed by atoms with E-state index in [1.54, 1.807) is 16.0 Å². The van der Waals surface area contributed by atoms with Crippen molar-refractivity contribution in [2.24, 2.45) is 5.92 Å². The van der Waals surface area contributed by atoms with Crippen LogP contribution in [0.1, 0.15) is 52.3 Å². The molecule has 0 aliphatic heterocycles. The summed E-state index contributed by atoms with van der Waals surface area (Å²) in [5.74, 6) is 0.751. The number of nitriles is 1. The minimum Gasteiger partial charge on any atom is -0.465 e. The molecule has 0 spiro atoms. The Labute approximate surface area is 171 Å². The molecule has 0 bridgehead atoms. The number of hydrazine groups is 1. The van der Waals surface area contributed by atoms with Crippen molar-refractivity contribution in [1.82, 2.24) is 25.6 Å². The molecular formula is C19H31N7O3. The number of amides is 3. The first-order valence-corrected chi connectivity index (χ1v) is 9.90. The molecule has 3 amide bonds. The third kappa shape index (κ3) is 9.60. The van der Waals surface area contributed by atoms with Crippen LogP contribution in [0.25, 0.3) is 0 Å². The number of urea groups is 1. The number of anilines is 1. The lowest BCUT2D eigenvalue weighted by Gasteiger charge is -2.30. The molecule has 10 heteroatoms. The van der Waals surface area contributed by atoms with Gasteiger partial charge in [-0.2, -0.15) is 10.2 Å². The van der Waals surface area contributed by atoms with Crippen LogP contribution in [0.4, 0.5) is 15.4 Å². The second-order valence-corrected chi connectivity index (χ2v) is 7.05. The molecule has 0 unspecified atom stereocenters. The Balaban J connectivity index is 2.79. The molecule has 0 saturated heterocycles. The van der Waals surface area contributed by atoms with E-state index in [4.69, 9.17) is 10.4 Å². The zero-order valence-corrected chi connectivity index (χ0v) is 17.4. The molecule has 1 rings (SSSR count). The van der Waals surface area contributed by atoms with Gasteiger partial charge in [0, 0.05) is 38.4 Å². The van der Waals surface area contributed by atoms with Crippen molar-refractivity contribution in [3.63, 3.8) is 0 Å². The molecule has 1 heterocycles. The van der Waals surface area contributed by atoms with Crippen molar-refractivity contribution >= 4 is 17.9 Å². The fraction of sp³-hybridized carbons (Fsp3) is 0.632. The van der Waals surface area contributed by atoms with Gasteiger partial charge in [0.15, 0.2) is 5.82 Å². The number of nitrogens with one attached hydrogen (secondary N) is 2. The average molecular weight is 406 g/mol. The van der Waals surface area contributed by atoms with E-state index in [1.807, 2.05) is 19.9 Å². The zero-order valence-electron chi connectivity index (χ0n) is 17.4. The molecule has 0 aliphatic carbocycles. The van der Waals surface area contributed by atoms with Gasteiger partial charge in [0.2, 0.25) is 5.82 Å². The van der Waals surface area contributed by atoms with Crippen LogP contribution >= 0.6 is 0 Å². The number of carbonyl (C=O) groups excluding carboxylic acids is 1. The van der Waals surface area contributed by atoms with E-state index in [0.717, 1.165) is 12.8 Å². The SMILES string of the molecule is CCCCN(CCCCNC(=O)O)C(=O)NN(CC(C)C)c1ccnc(C#N)n1. The van der Waals surface area contributed by atoms with Gasteiger partial charge in [0.05, 0.1) is 0 Å². The van der Waals surface area contributed by atoms with Gasteiger partial charge in [-0.1, -0.05) is 27.2 Å². The molecule has 1 aromatic rings. The van der Waals surface area contributed by atoms with Gasteiger partial charge in [-0.25, -0.2) is 20.0 Å². The summed E-state index contributed by atoms with van der Waals surface area (Å²) in [6.07, 6.45) is 3.61. The van der Waals surface area contributed by atoms with Crippen molar-refractivity contribution in [3.8, 4) is 6.07 Å². The fourth-order valence-electron chi connectivity index (χ4n) is 2.59. The third-order valence-electron chi connectivity index (χ3n) is 4.00. The number of nitrogens with zero attached hydrogens (tertiary/aromatic N) is 5. The van der Waals surface area contributed by atoms with Crippen LogP contribution in [-0.4, -0.2) is 58.3 Å². The number of carboxylic acid groups (broad SMARTS) is 1. The van der Waals surface area contributed by atoms with Crippen molar-refractivity contribution < 1.29 is 14.7 Å². The molecule has 0 saturated carbocycles. The summed E-state index contributed by atoms with van der Waals surface area (Å²) in [6.45, 7) is 8.12. The summed E-state index contributed by atoms with van der Waals surface area (Å²) in [5, 5.41) is 21.6. The smallest absolute Gasteiger partial charge is 0.404 e. The number of unbranched alkanes of at least 4 members (excludes halogenated alkanes) is 2. The summed E-state index contributed by atoms with van der Waals surface area (Å²) in [6, 6.07) is 3.31. The van der Waals surface area contributed by atoms with E-state index in [2.05, 4.69) is 27.6 Å². The Bertz CT molecular complexity index is 691. The highest BCUT2D eigenvalue weighted by Crippen LogP contribution is 2.11. The summed E-state index contributed by atoms with van der Waals surface area (Å²) in [4.78, 5) is 33.2. The van der Waals surface area contributed by atoms with Crippen molar-refractivity contribution in [3.05, 3.63) is 18.1 Å². The monoisotopic (exact) mass is 405 g/mol. The lowest BCUT2D eigenvalue weighted by molar-refractivity contribution is 0.190. The lowest BCUT2D eigenvalue weighted by Crippen LogP contribution is -2.51. The minimum absolute atomic E-state index is 0.0410. The third-order valence-corrected chi connectivity index (χ3v) is 4.00. The van der Waals surface area contributed by atoms with Gasteiger partial charge >= 0.3 is 12.1 Å². The molecule has 0 fully saturated rings. The van der Waals surface area contributed by atoms with E-state index in [-0.39, 0.29) is 17.8 Å². The summed E-state index contributed by atoms with van der Waals surface area (Å²) >= 11 is 0. The summed E-state index contributed by atoms with van der Waals surface area (Å²) in [5.41, 5.74) is 2.89. The maximum atomic E-state index is 12.9. The predicted octanol–water partition coefficient (Wildman–Crippen LogP) is 2.59. The quantitative estimate of drug-likeness (QED) is 0.359. The average Bonchev–Trinajstić information content (AvgIpc) is 2.68. The van der Waals surface area contributed by atoms with Crippen LogP contribution in [0.2, 0.25) is 0 Å². The van der Waals surface area contributed by atoms with Gasteiger partial charge < -0.3 is 15.3 Å². The Hall–Kier alpha value is -3.09. The van der Waals surface area contributed by atoms with Crippen LogP contribution in [0.5, 0.6) is 0 Å². The highest BCUT2D eigenvalue weighted by Gasteiger charge is 2.18. The Morgan fingerprint density at radius 2 is 2.00 bits per heavy atom. The Morgan fingerprint density at radius 3 is 2.62 bits per heavy atom. The van der Waals surface area contributed by atoms with Gasteiger partial charge in [-0.3, -0.25) is 5.01 Å². The van der Waals surface area contributed by atoms with E-state index in [0.29, 0.717) is 44.8 Å². The van der Waals surface area contributed by atoms with Crippen LogP contribution < -0.4 is 15.8 Å². The lowest BCUT2D eigenvalue weighted by atomic mass is 10.2. The standard InChI is InChI=1S/C19H31N7O3/c1-4-5-11-25(12-7-6-9-22-19(28)29)18(27)24-26(14-15(2)3)17-8-10-21-16(13-20)23-17/h8,10,15,22H,4-7,9,11-12,14H2,1-3H3,(H,24,27)(H,28,29). The Morgan fingerprint density at radius 1 is 1.28 bits per heavy atom. The molecular weight excluding hydrogens is 374 g/mol. The maximum Gasteiger partial charge on any atom is 0.404 e. The normalized spacial score (nSPS) is 10.3. The van der Waals surface area contributed by atoms with Gasteiger partial charge in [-0.05, 0) is 25.2 Å². The van der Waals surface area contributed by atoms with E-state index in [9.17, 15) is 9.59 Å². The molecule has 0 aliphatic rings. The number of hydrogen-bond acceptors (Lipinski definition) is 6. The molecule has 0 atom stereocenters. The minimum atomic E-state index is -1.04. The molecule has 3 N–H and O–H groups in total.